The molecule has 166 valence electrons. The van der Waals surface area contributed by atoms with Gasteiger partial charge in [-0.25, -0.2) is 5.43 Å². The first kappa shape index (κ1) is 22.6. The molecule has 33 heavy (non-hydrogen) atoms. The fraction of sp³-hybridized carbons (Fsp3) is 0.0833. The summed E-state index contributed by atoms with van der Waals surface area (Å²) in [6.07, 6.45) is 0. The van der Waals surface area contributed by atoms with Gasteiger partial charge in [0.2, 0.25) is 0 Å². The molecule has 2 N–H and O–H groups in total. The molecular weight excluding hydrogens is 458 g/mol. The van der Waals surface area contributed by atoms with E-state index in [0.717, 1.165) is 11.3 Å². The third-order valence-electron chi connectivity index (χ3n) is 4.72. The van der Waals surface area contributed by atoms with E-state index in [-0.39, 0.29) is 17.4 Å². The molecule has 7 nitrogen and oxygen atoms in total. The molecule has 9 heteroatoms. The van der Waals surface area contributed by atoms with Crippen molar-refractivity contribution in [1.82, 2.24) is 20.2 Å². The van der Waals surface area contributed by atoms with Crippen LogP contribution in [0.1, 0.15) is 12.5 Å². The molecule has 0 aliphatic rings. The molecule has 3 aromatic carbocycles. The predicted molar refractivity (Wildman–Crippen MR) is 131 cm³/mol. The van der Waals surface area contributed by atoms with Gasteiger partial charge in [-0.3, -0.25) is 9.36 Å². The Morgan fingerprint density at radius 1 is 1.03 bits per heavy atom. The van der Waals surface area contributed by atoms with Crippen molar-refractivity contribution in [1.29, 1.82) is 0 Å². The Morgan fingerprint density at radius 2 is 1.73 bits per heavy atom. The lowest BCUT2D eigenvalue weighted by molar-refractivity contribution is -0.118. The van der Waals surface area contributed by atoms with Gasteiger partial charge in [0, 0.05) is 21.8 Å². The van der Waals surface area contributed by atoms with Crippen molar-refractivity contribution >= 4 is 35.0 Å². The van der Waals surface area contributed by atoms with Gasteiger partial charge in [0.15, 0.2) is 11.0 Å². The van der Waals surface area contributed by atoms with E-state index in [0.29, 0.717) is 27.3 Å². The number of aromatic nitrogens is 3. The highest BCUT2D eigenvalue weighted by Gasteiger charge is 2.17. The molecule has 1 aromatic heterocycles. The number of thioether (sulfide) groups is 1. The van der Waals surface area contributed by atoms with Crippen LogP contribution >= 0.6 is 23.4 Å². The number of benzene rings is 3. The number of carbonyl (C=O) groups excluding carboxylic acids is 1. The highest BCUT2D eigenvalue weighted by atomic mass is 35.5. The molecule has 1 amide bonds. The van der Waals surface area contributed by atoms with Gasteiger partial charge >= 0.3 is 0 Å². The molecule has 0 aliphatic carbocycles. The normalized spacial score (nSPS) is 11.4. The summed E-state index contributed by atoms with van der Waals surface area (Å²) in [6.45, 7) is 1.71. The quantitative estimate of drug-likeness (QED) is 0.224. The van der Waals surface area contributed by atoms with E-state index >= 15 is 0 Å². The molecule has 4 aromatic rings. The average Bonchev–Trinajstić information content (AvgIpc) is 3.26. The fourth-order valence-electron chi connectivity index (χ4n) is 3.11. The van der Waals surface area contributed by atoms with E-state index in [1.165, 1.54) is 11.8 Å². The Bertz CT molecular complexity index is 1290. The minimum absolute atomic E-state index is 0.0814. The molecule has 0 spiro atoms. The molecule has 0 bridgehead atoms. The van der Waals surface area contributed by atoms with E-state index < -0.39 is 0 Å². The minimum atomic E-state index is -0.304. The largest absolute Gasteiger partial charge is 0.507 e. The number of para-hydroxylation sites is 1. The van der Waals surface area contributed by atoms with Crippen LogP contribution in [0.2, 0.25) is 5.02 Å². The highest BCUT2D eigenvalue weighted by molar-refractivity contribution is 7.99. The van der Waals surface area contributed by atoms with Gasteiger partial charge < -0.3 is 5.11 Å². The van der Waals surface area contributed by atoms with E-state index in [9.17, 15) is 9.90 Å². The maximum Gasteiger partial charge on any atom is 0.250 e. The van der Waals surface area contributed by atoms with Crippen molar-refractivity contribution in [3.05, 3.63) is 89.4 Å². The van der Waals surface area contributed by atoms with Crippen LogP contribution in [0.5, 0.6) is 5.75 Å². The zero-order valence-electron chi connectivity index (χ0n) is 17.6. The Balaban J connectivity index is 1.53. The number of phenolic OH excluding ortho intramolecular Hbond substituents is 1. The van der Waals surface area contributed by atoms with Gasteiger partial charge in [0.05, 0.1) is 11.5 Å². The van der Waals surface area contributed by atoms with E-state index in [1.807, 2.05) is 47.0 Å². The number of amides is 1. The van der Waals surface area contributed by atoms with Gasteiger partial charge in [-0.15, -0.1) is 10.2 Å². The first-order valence-corrected chi connectivity index (χ1v) is 11.4. The maximum atomic E-state index is 12.4. The summed E-state index contributed by atoms with van der Waals surface area (Å²) in [7, 11) is 0. The molecular formula is C24H20ClN5O2S. The smallest absolute Gasteiger partial charge is 0.250 e. The van der Waals surface area contributed by atoms with Crippen LogP contribution in [0.4, 0.5) is 0 Å². The molecule has 1 heterocycles. The van der Waals surface area contributed by atoms with E-state index in [4.69, 9.17) is 11.6 Å². The summed E-state index contributed by atoms with van der Waals surface area (Å²) in [4.78, 5) is 12.4. The number of hydrazone groups is 1. The number of carbonyl (C=O) groups is 1. The number of hydrogen-bond donors (Lipinski definition) is 2. The van der Waals surface area contributed by atoms with Crippen LogP contribution in [-0.2, 0) is 4.79 Å². The Kier molecular flexibility index (Phi) is 7.07. The standard InChI is InChI=1S/C24H20ClN5O2S/c1-16(20-9-5-6-10-21(20)31)26-27-22(32)15-33-24-29-28-23(17-7-3-2-4-8-17)30(24)19-13-11-18(25)12-14-19/h2-14,31H,15H2,1H3,(H,27,32)/b26-16+. The van der Waals surface area contributed by atoms with E-state index in [1.54, 1.807) is 43.3 Å². The van der Waals surface area contributed by atoms with Crippen LogP contribution < -0.4 is 5.43 Å². The molecule has 0 radical (unpaired) electrons. The zero-order chi connectivity index (χ0) is 23.2. The first-order valence-electron chi connectivity index (χ1n) is 10.0. The van der Waals surface area contributed by atoms with Crippen molar-refractivity contribution in [2.45, 2.75) is 12.1 Å². The third-order valence-corrected chi connectivity index (χ3v) is 5.91. The van der Waals surface area contributed by atoms with Gasteiger partial charge in [0.25, 0.3) is 5.91 Å². The molecule has 0 aliphatic heterocycles. The number of aromatic hydroxyl groups is 1. The number of nitrogens with one attached hydrogen (secondary N) is 1. The van der Waals surface area contributed by atoms with Crippen LogP contribution in [0.25, 0.3) is 17.1 Å². The summed E-state index contributed by atoms with van der Waals surface area (Å²) in [5, 5.41) is 23.9. The average molecular weight is 478 g/mol. The number of phenols is 1. The van der Waals surface area contributed by atoms with Crippen LogP contribution in [0.15, 0.2) is 89.1 Å². The molecule has 0 unspecified atom stereocenters. The Labute approximate surface area is 200 Å². The van der Waals surface area contributed by atoms with Crippen molar-refractivity contribution < 1.29 is 9.90 Å². The highest BCUT2D eigenvalue weighted by Crippen LogP contribution is 2.28. The second-order valence-electron chi connectivity index (χ2n) is 7.02. The SMILES string of the molecule is C/C(=N\NC(=O)CSc1nnc(-c2ccccc2)n1-c1ccc(Cl)cc1)c1ccccc1O. The van der Waals surface area contributed by atoms with Crippen LogP contribution in [0, 0.1) is 0 Å². The molecule has 4 rings (SSSR count). The predicted octanol–water partition coefficient (Wildman–Crippen LogP) is 4.93. The van der Waals surface area contributed by atoms with Crippen LogP contribution in [-0.4, -0.2) is 37.2 Å². The van der Waals surface area contributed by atoms with Gasteiger partial charge in [0.1, 0.15) is 5.75 Å². The summed E-state index contributed by atoms with van der Waals surface area (Å²) >= 11 is 7.31. The Hall–Kier alpha value is -3.62. The van der Waals surface area contributed by atoms with Gasteiger partial charge in [-0.2, -0.15) is 5.10 Å². The van der Waals surface area contributed by atoms with Gasteiger partial charge in [-0.05, 0) is 43.3 Å². The number of nitrogens with zero attached hydrogens (tertiary/aromatic N) is 4. The lowest BCUT2D eigenvalue weighted by Crippen LogP contribution is -2.21. The molecule has 0 saturated carbocycles. The molecule has 0 fully saturated rings. The van der Waals surface area contributed by atoms with Crippen LogP contribution in [0.3, 0.4) is 0 Å². The minimum Gasteiger partial charge on any atom is -0.507 e. The second kappa shape index (κ2) is 10.3. The van der Waals surface area contributed by atoms with Crippen molar-refractivity contribution in [2.24, 2.45) is 5.10 Å². The monoisotopic (exact) mass is 477 g/mol. The fourth-order valence-corrected chi connectivity index (χ4v) is 3.98. The first-order chi connectivity index (χ1) is 16.0. The summed E-state index contributed by atoms with van der Waals surface area (Å²) in [5.74, 6) is 0.542. The topological polar surface area (TPSA) is 92.4 Å². The zero-order valence-corrected chi connectivity index (χ0v) is 19.2. The lowest BCUT2D eigenvalue weighted by Gasteiger charge is -2.10. The summed E-state index contributed by atoms with van der Waals surface area (Å²) < 4.78 is 1.89. The second-order valence-corrected chi connectivity index (χ2v) is 8.40. The maximum absolute atomic E-state index is 12.4. The van der Waals surface area contributed by atoms with Crippen molar-refractivity contribution in [3.8, 4) is 22.8 Å². The van der Waals surface area contributed by atoms with Gasteiger partial charge in [-0.1, -0.05) is 65.8 Å². The number of hydrogen-bond acceptors (Lipinski definition) is 6. The van der Waals surface area contributed by atoms with Crippen molar-refractivity contribution in [3.63, 3.8) is 0 Å². The molecule has 0 saturated heterocycles. The number of rotatable bonds is 7. The third kappa shape index (κ3) is 5.42. The lowest BCUT2D eigenvalue weighted by atomic mass is 10.1. The summed E-state index contributed by atoms with van der Waals surface area (Å²) in [6, 6.07) is 23.9. The molecule has 0 atom stereocenters. The van der Waals surface area contributed by atoms with E-state index in [2.05, 4.69) is 20.7 Å². The summed E-state index contributed by atoms with van der Waals surface area (Å²) in [5.41, 5.74) is 5.32. The Morgan fingerprint density at radius 3 is 2.45 bits per heavy atom. The van der Waals surface area contributed by atoms with Crippen molar-refractivity contribution in [2.75, 3.05) is 5.75 Å². The number of halogens is 1.